The van der Waals surface area contributed by atoms with E-state index in [9.17, 15) is 0 Å². The molecule has 1 aromatic carbocycles. The maximum absolute atomic E-state index is 5.52. The van der Waals surface area contributed by atoms with Crippen molar-refractivity contribution in [3.05, 3.63) is 30.3 Å². The molecule has 1 saturated heterocycles. The Bertz CT molecular complexity index is 233. The highest BCUT2D eigenvalue weighted by atomic mass is 15.3. The molecule has 2 heteroatoms. The third-order valence-corrected chi connectivity index (χ3v) is 2.07. The van der Waals surface area contributed by atoms with Crippen LogP contribution in [0, 0.1) is 0 Å². The molecule has 0 aromatic heterocycles. The summed E-state index contributed by atoms with van der Waals surface area (Å²) in [4.78, 5) is 2.31. The molecule has 0 bridgehead atoms. The third kappa shape index (κ3) is 1.21. The van der Waals surface area contributed by atoms with Gasteiger partial charge in [-0.3, -0.25) is 0 Å². The monoisotopic (exact) mass is 148 g/mol. The fraction of sp³-hybridized carbons (Fsp3) is 0.333. The lowest BCUT2D eigenvalue weighted by atomic mass is 10.3. The molecule has 2 rings (SSSR count). The van der Waals surface area contributed by atoms with Crippen molar-refractivity contribution in [1.82, 2.24) is 0 Å². The zero-order valence-corrected chi connectivity index (χ0v) is 6.40. The summed E-state index contributed by atoms with van der Waals surface area (Å²) in [5.74, 6) is 0. The Morgan fingerprint density at radius 3 is 2.64 bits per heavy atom. The summed E-state index contributed by atoms with van der Waals surface area (Å²) in [5.41, 5.74) is 6.81. The second-order valence-corrected chi connectivity index (χ2v) is 2.88. The minimum absolute atomic E-state index is 0.595. The van der Waals surface area contributed by atoms with Crippen molar-refractivity contribution in [2.45, 2.75) is 6.04 Å². The molecule has 1 aromatic rings. The van der Waals surface area contributed by atoms with Gasteiger partial charge < -0.3 is 10.6 Å². The molecule has 1 atom stereocenters. The number of rotatable bonds is 2. The molecular weight excluding hydrogens is 136 g/mol. The van der Waals surface area contributed by atoms with Gasteiger partial charge in [0.05, 0.1) is 6.04 Å². The molecule has 1 aliphatic heterocycles. The lowest BCUT2D eigenvalue weighted by molar-refractivity contribution is 0.967. The van der Waals surface area contributed by atoms with Gasteiger partial charge in [-0.15, -0.1) is 0 Å². The first-order valence-corrected chi connectivity index (χ1v) is 3.93. The van der Waals surface area contributed by atoms with Crippen LogP contribution in [0.1, 0.15) is 0 Å². The van der Waals surface area contributed by atoms with Crippen LogP contribution >= 0.6 is 0 Å². The molecule has 58 valence electrons. The van der Waals surface area contributed by atoms with Crippen molar-refractivity contribution < 1.29 is 0 Å². The van der Waals surface area contributed by atoms with Gasteiger partial charge in [0.1, 0.15) is 0 Å². The van der Waals surface area contributed by atoms with Crippen LogP contribution in [0.25, 0.3) is 0 Å². The van der Waals surface area contributed by atoms with Gasteiger partial charge in [-0.1, -0.05) is 18.2 Å². The normalized spacial score (nSPS) is 21.9. The number of hydrogen-bond acceptors (Lipinski definition) is 2. The highest BCUT2D eigenvalue weighted by Gasteiger charge is 2.31. The van der Waals surface area contributed by atoms with Gasteiger partial charge >= 0.3 is 0 Å². The van der Waals surface area contributed by atoms with E-state index in [4.69, 9.17) is 5.73 Å². The van der Waals surface area contributed by atoms with Crippen LogP contribution in [0.2, 0.25) is 0 Å². The topological polar surface area (TPSA) is 29.0 Å². The van der Waals surface area contributed by atoms with Crippen molar-refractivity contribution in [1.29, 1.82) is 0 Å². The molecular formula is C9H12N2. The van der Waals surface area contributed by atoms with E-state index in [1.165, 1.54) is 5.69 Å². The lowest BCUT2D eigenvalue weighted by Gasteiger charge is -2.02. The van der Waals surface area contributed by atoms with E-state index in [1.807, 2.05) is 6.07 Å². The van der Waals surface area contributed by atoms with Gasteiger partial charge in [-0.05, 0) is 12.1 Å². The second-order valence-electron chi connectivity index (χ2n) is 2.88. The van der Waals surface area contributed by atoms with Crippen molar-refractivity contribution in [2.24, 2.45) is 5.73 Å². The summed E-state index contributed by atoms with van der Waals surface area (Å²) >= 11 is 0. The third-order valence-electron chi connectivity index (χ3n) is 2.07. The Kier molecular flexibility index (Phi) is 1.55. The van der Waals surface area contributed by atoms with Gasteiger partial charge in [0.15, 0.2) is 0 Å². The van der Waals surface area contributed by atoms with Crippen molar-refractivity contribution in [2.75, 3.05) is 18.0 Å². The average Bonchev–Trinajstić information content (AvgIpc) is 2.85. The number of benzene rings is 1. The van der Waals surface area contributed by atoms with E-state index in [1.54, 1.807) is 0 Å². The number of hydrogen-bond donors (Lipinski definition) is 1. The van der Waals surface area contributed by atoms with Crippen molar-refractivity contribution >= 4 is 5.69 Å². The number of anilines is 1. The standard InChI is InChI=1S/C9H12N2/c10-6-9-7-11(9)8-4-2-1-3-5-8/h1-5,9H,6-7,10H2. The predicted molar refractivity (Wildman–Crippen MR) is 46.6 cm³/mol. The van der Waals surface area contributed by atoms with Crippen LogP contribution in [-0.4, -0.2) is 19.1 Å². The molecule has 1 fully saturated rings. The molecule has 0 amide bonds. The van der Waals surface area contributed by atoms with Gasteiger partial charge in [-0.25, -0.2) is 0 Å². The first kappa shape index (κ1) is 6.68. The van der Waals surface area contributed by atoms with E-state index in [0.29, 0.717) is 6.04 Å². The van der Waals surface area contributed by atoms with E-state index in [2.05, 4.69) is 29.2 Å². The van der Waals surface area contributed by atoms with E-state index in [-0.39, 0.29) is 0 Å². The summed E-state index contributed by atoms with van der Waals surface area (Å²) in [5, 5.41) is 0. The first-order valence-electron chi connectivity index (χ1n) is 3.93. The van der Waals surface area contributed by atoms with E-state index >= 15 is 0 Å². The Morgan fingerprint density at radius 2 is 2.09 bits per heavy atom. The molecule has 0 spiro atoms. The minimum atomic E-state index is 0.595. The molecule has 0 radical (unpaired) electrons. The van der Waals surface area contributed by atoms with Gasteiger partial charge in [0, 0.05) is 18.8 Å². The van der Waals surface area contributed by atoms with Crippen LogP contribution in [0.15, 0.2) is 30.3 Å². The Balaban J connectivity index is 2.09. The van der Waals surface area contributed by atoms with Gasteiger partial charge in [0.2, 0.25) is 0 Å². The Labute approximate surface area is 66.6 Å². The summed E-state index contributed by atoms with van der Waals surface area (Å²) in [6.45, 7) is 1.90. The minimum Gasteiger partial charge on any atom is -0.363 e. The second kappa shape index (κ2) is 2.55. The molecule has 0 saturated carbocycles. The van der Waals surface area contributed by atoms with Crippen molar-refractivity contribution in [3.8, 4) is 0 Å². The molecule has 1 aliphatic rings. The molecule has 2 N–H and O–H groups in total. The number of nitrogens with zero attached hydrogens (tertiary/aromatic N) is 1. The quantitative estimate of drug-likeness (QED) is 0.629. The Hall–Kier alpha value is -1.02. The predicted octanol–water partition coefficient (Wildman–Crippen LogP) is 0.834. The highest BCUT2D eigenvalue weighted by Crippen LogP contribution is 2.25. The number of para-hydroxylation sites is 1. The summed E-state index contributed by atoms with van der Waals surface area (Å²) in [7, 11) is 0. The maximum Gasteiger partial charge on any atom is 0.0588 e. The summed E-state index contributed by atoms with van der Waals surface area (Å²) < 4.78 is 0. The smallest absolute Gasteiger partial charge is 0.0588 e. The molecule has 11 heavy (non-hydrogen) atoms. The van der Waals surface area contributed by atoms with Crippen LogP contribution < -0.4 is 10.6 Å². The van der Waals surface area contributed by atoms with Crippen LogP contribution in [-0.2, 0) is 0 Å². The maximum atomic E-state index is 5.52. The SMILES string of the molecule is NCC1CN1c1ccccc1. The highest BCUT2D eigenvalue weighted by molar-refractivity contribution is 5.53. The Morgan fingerprint density at radius 1 is 1.36 bits per heavy atom. The number of nitrogens with two attached hydrogens (primary N) is 1. The van der Waals surface area contributed by atoms with E-state index < -0.39 is 0 Å². The van der Waals surface area contributed by atoms with Crippen LogP contribution in [0.5, 0.6) is 0 Å². The van der Waals surface area contributed by atoms with E-state index in [0.717, 1.165) is 13.1 Å². The first-order chi connectivity index (χ1) is 5.42. The summed E-state index contributed by atoms with van der Waals surface area (Å²) in [6.07, 6.45) is 0. The largest absolute Gasteiger partial charge is 0.363 e. The average molecular weight is 148 g/mol. The zero-order chi connectivity index (χ0) is 7.68. The van der Waals surface area contributed by atoms with Crippen molar-refractivity contribution in [3.63, 3.8) is 0 Å². The zero-order valence-electron chi connectivity index (χ0n) is 6.40. The fourth-order valence-corrected chi connectivity index (χ4v) is 1.32. The van der Waals surface area contributed by atoms with Gasteiger partial charge in [0.25, 0.3) is 0 Å². The fourth-order valence-electron chi connectivity index (χ4n) is 1.32. The molecule has 0 aliphatic carbocycles. The van der Waals surface area contributed by atoms with Crippen LogP contribution in [0.4, 0.5) is 5.69 Å². The van der Waals surface area contributed by atoms with Crippen LogP contribution in [0.3, 0.4) is 0 Å². The molecule has 1 unspecified atom stereocenters. The summed E-state index contributed by atoms with van der Waals surface area (Å²) in [6, 6.07) is 11.0. The van der Waals surface area contributed by atoms with Gasteiger partial charge in [-0.2, -0.15) is 0 Å². The molecule has 2 nitrogen and oxygen atoms in total. The lowest BCUT2D eigenvalue weighted by Crippen LogP contribution is -2.11. The molecule has 1 heterocycles.